The van der Waals surface area contributed by atoms with E-state index in [0.29, 0.717) is 5.92 Å². The van der Waals surface area contributed by atoms with Crippen LogP contribution in [-0.4, -0.2) is 13.4 Å². The van der Waals surface area contributed by atoms with Gasteiger partial charge in [0.25, 0.3) is 0 Å². The highest BCUT2D eigenvalue weighted by Gasteiger charge is 2.27. The molecule has 0 bridgehead atoms. The minimum Gasteiger partial charge on any atom is -0.496 e. The smallest absolute Gasteiger partial charge is 0.124 e. The number of carbonyl (C=O) groups excluding carboxylic acids is 1. The molecule has 0 saturated heterocycles. The van der Waals surface area contributed by atoms with Crippen LogP contribution in [0.5, 0.6) is 5.75 Å². The summed E-state index contributed by atoms with van der Waals surface area (Å²) in [6.45, 7) is 0. The van der Waals surface area contributed by atoms with E-state index in [4.69, 9.17) is 11.2 Å². The van der Waals surface area contributed by atoms with E-state index < -0.39 is 0 Å². The number of aldehydes is 1. The van der Waals surface area contributed by atoms with E-state index in [0.717, 1.165) is 24.0 Å². The molecule has 0 N–H and O–H groups in total. The lowest BCUT2D eigenvalue weighted by molar-refractivity contribution is -0.111. The number of methoxy groups -OCH3 is 1. The second kappa shape index (κ2) is 7.88. The summed E-state index contributed by atoms with van der Waals surface area (Å²) in [5, 5.41) is 0. The van der Waals surface area contributed by atoms with E-state index >= 15 is 0 Å². The van der Waals surface area contributed by atoms with E-state index in [1.807, 2.05) is 24.3 Å². The van der Waals surface area contributed by atoms with Crippen molar-refractivity contribution in [3.8, 4) is 18.1 Å². The van der Waals surface area contributed by atoms with Crippen LogP contribution in [0.25, 0.3) is 0 Å². The predicted molar refractivity (Wildman–Crippen MR) is 85.3 cm³/mol. The number of para-hydroxylation sites is 1. The lowest BCUT2D eigenvalue weighted by Crippen LogP contribution is -2.19. The van der Waals surface area contributed by atoms with Crippen molar-refractivity contribution in [2.45, 2.75) is 44.4 Å². The molecular formula is C19H24O2. The average Bonchev–Trinajstić information content (AvgIpc) is 2.56. The van der Waals surface area contributed by atoms with Crippen LogP contribution in [-0.2, 0) is 4.79 Å². The average molecular weight is 284 g/mol. The van der Waals surface area contributed by atoms with E-state index in [2.05, 4.69) is 5.92 Å². The minimum atomic E-state index is -0.194. The van der Waals surface area contributed by atoms with Gasteiger partial charge < -0.3 is 9.53 Å². The summed E-state index contributed by atoms with van der Waals surface area (Å²) >= 11 is 0. The summed E-state index contributed by atoms with van der Waals surface area (Å²) in [6.07, 6.45) is 14.0. The maximum absolute atomic E-state index is 11.6. The van der Waals surface area contributed by atoms with E-state index in [9.17, 15) is 4.79 Å². The fourth-order valence-corrected chi connectivity index (χ4v) is 3.45. The number of ether oxygens (including phenoxy) is 1. The van der Waals surface area contributed by atoms with Crippen molar-refractivity contribution in [1.82, 2.24) is 0 Å². The molecule has 21 heavy (non-hydrogen) atoms. The summed E-state index contributed by atoms with van der Waals surface area (Å²) in [5.74, 6) is 3.92. The van der Waals surface area contributed by atoms with E-state index in [1.165, 1.54) is 32.1 Å². The van der Waals surface area contributed by atoms with Gasteiger partial charge in [0.1, 0.15) is 12.0 Å². The van der Waals surface area contributed by atoms with Crippen LogP contribution in [0.2, 0.25) is 0 Å². The second-order valence-corrected chi connectivity index (χ2v) is 5.93. The molecule has 0 aliphatic heterocycles. The predicted octanol–water partition coefficient (Wildman–Crippen LogP) is 4.20. The standard InChI is InChI=1S/C19H24O2/c1-3-17(18-11-7-8-12-19(18)21-2)16(14-20)13-15-9-5-4-6-10-15/h1,7-8,11-12,14-17H,4-6,9-10,13H2,2H3/t16-,17+/m0/s1. The molecule has 0 unspecified atom stereocenters. The van der Waals surface area contributed by atoms with Gasteiger partial charge in [-0.15, -0.1) is 6.42 Å². The summed E-state index contributed by atoms with van der Waals surface area (Å²) < 4.78 is 5.40. The fraction of sp³-hybridized carbons (Fsp3) is 0.526. The summed E-state index contributed by atoms with van der Waals surface area (Å²) in [6, 6.07) is 7.75. The Labute approximate surface area is 127 Å². The highest BCUT2D eigenvalue weighted by atomic mass is 16.5. The third kappa shape index (κ3) is 3.88. The molecule has 1 aliphatic carbocycles. The monoisotopic (exact) mass is 284 g/mol. The molecule has 112 valence electrons. The van der Waals surface area contributed by atoms with Crippen molar-refractivity contribution in [1.29, 1.82) is 0 Å². The van der Waals surface area contributed by atoms with Crippen molar-refractivity contribution in [3.63, 3.8) is 0 Å². The first kappa shape index (κ1) is 15.6. The molecular weight excluding hydrogens is 260 g/mol. The van der Waals surface area contributed by atoms with Gasteiger partial charge in [0.2, 0.25) is 0 Å². The molecule has 1 aromatic carbocycles. The number of carbonyl (C=O) groups is 1. The maximum atomic E-state index is 11.6. The van der Waals surface area contributed by atoms with Gasteiger partial charge in [-0.1, -0.05) is 56.2 Å². The zero-order valence-corrected chi connectivity index (χ0v) is 12.8. The van der Waals surface area contributed by atoms with Crippen molar-refractivity contribution in [2.75, 3.05) is 7.11 Å². The third-order valence-corrected chi connectivity index (χ3v) is 4.59. The molecule has 1 fully saturated rings. The number of rotatable bonds is 6. The van der Waals surface area contributed by atoms with Gasteiger partial charge in [-0.05, 0) is 18.4 Å². The molecule has 2 atom stereocenters. The molecule has 0 radical (unpaired) electrons. The summed E-state index contributed by atoms with van der Waals surface area (Å²) in [5.41, 5.74) is 0.954. The third-order valence-electron chi connectivity index (χ3n) is 4.59. The van der Waals surface area contributed by atoms with Gasteiger partial charge in [-0.3, -0.25) is 0 Å². The Kier molecular flexibility index (Phi) is 5.87. The van der Waals surface area contributed by atoms with Crippen LogP contribution >= 0.6 is 0 Å². The fourth-order valence-electron chi connectivity index (χ4n) is 3.45. The van der Waals surface area contributed by atoms with E-state index in [-0.39, 0.29) is 11.8 Å². The van der Waals surface area contributed by atoms with Crippen LogP contribution in [0.3, 0.4) is 0 Å². The molecule has 1 aromatic rings. The van der Waals surface area contributed by atoms with Gasteiger partial charge in [0, 0.05) is 11.5 Å². The highest BCUT2D eigenvalue weighted by molar-refractivity contribution is 5.59. The maximum Gasteiger partial charge on any atom is 0.124 e. The van der Waals surface area contributed by atoms with E-state index in [1.54, 1.807) is 7.11 Å². The minimum absolute atomic E-state index is 0.116. The first-order valence-corrected chi connectivity index (χ1v) is 7.84. The quantitative estimate of drug-likeness (QED) is 0.578. The lowest BCUT2D eigenvalue weighted by Gasteiger charge is -2.27. The Hall–Kier alpha value is -1.75. The number of benzene rings is 1. The molecule has 0 heterocycles. The second-order valence-electron chi connectivity index (χ2n) is 5.93. The molecule has 0 amide bonds. The number of hydrogen-bond donors (Lipinski definition) is 0. The van der Waals surface area contributed by atoms with Gasteiger partial charge >= 0.3 is 0 Å². The lowest BCUT2D eigenvalue weighted by atomic mass is 9.77. The van der Waals surface area contributed by atoms with Crippen molar-refractivity contribution in [2.24, 2.45) is 11.8 Å². The normalized spacial score (nSPS) is 18.5. The number of hydrogen-bond acceptors (Lipinski definition) is 2. The van der Waals surface area contributed by atoms with Crippen molar-refractivity contribution >= 4 is 6.29 Å². The first-order valence-electron chi connectivity index (χ1n) is 7.84. The zero-order chi connectivity index (χ0) is 15.1. The molecule has 1 aliphatic rings. The van der Waals surface area contributed by atoms with Crippen molar-refractivity contribution < 1.29 is 9.53 Å². The largest absolute Gasteiger partial charge is 0.496 e. The molecule has 0 spiro atoms. The van der Waals surface area contributed by atoms with Gasteiger partial charge in [0.15, 0.2) is 0 Å². The Morgan fingerprint density at radius 1 is 1.33 bits per heavy atom. The molecule has 2 heteroatoms. The molecule has 1 saturated carbocycles. The van der Waals surface area contributed by atoms with Gasteiger partial charge in [-0.25, -0.2) is 0 Å². The van der Waals surface area contributed by atoms with Crippen LogP contribution in [0.4, 0.5) is 0 Å². The SMILES string of the molecule is C#C[C@@H](c1ccccc1OC)[C@H](C=O)CC1CCCCC1. The highest BCUT2D eigenvalue weighted by Crippen LogP contribution is 2.37. The van der Waals surface area contributed by atoms with Crippen LogP contribution in [0.1, 0.15) is 50.0 Å². The van der Waals surface area contributed by atoms with Gasteiger partial charge in [-0.2, -0.15) is 0 Å². The van der Waals surface area contributed by atoms with Crippen LogP contribution in [0, 0.1) is 24.2 Å². The Morgan fingerprint density at radius 3 is 2.67 bits per heavy atom. The Balaban J connectivity index is 2.17. The Bertz CT molecular complexity index is 495. The zero-order valence-electron chi connectivity index (χ0n) is 12.8. The molecule has 2 rings (SSSR count). The topological polar surface area (TPSA) is 26.3 Å². The molecule has 2 nitrogen and oxygen atoms in total. The Morgan fingerprint density at radius 2 is 2.05 bits per heavy atom. The van der Waals surface area contributed by atoms with Crippen LogP contribution in [0.15, 0.2) is 24.3 Å². The summed E-state index contributed by atoms with van der Waals surface area (Å²) in [7, 11) is 1.64. The summed E-state index contributed by atoms with van der Waals surface area (Å²) in [4.78, 5) is 11.6. The first-order chi connectivity index (χ1) is 10.3. The molecule has 0 aromatic heterocycles. The van der Waals surface area contributed by atoms with Crippen molar-refractivity contribution in [3.05, 3.63) is 29.8 Å². The number of terminal acetylenes is 1. The van der Waals surface area contributed by atoms with Crippen LogP contribution < -0.4 is 4.74 Å². The van der Waals surface area contributed by atoms with Gasteiger partial charge in [0.05, 0.1) is 13.0 Å².